The number of nitrogens with two attached hydrogens (primary N) is 1. The summed E-state index contributed by atoms with van der Waals surface area (Å²) in [4.78, 5) is 11.8. The fraction of sp³-hybridized carbons (Fsp3) is 0.214. The highest BCUT2D eigenvalue weighted by Gasteiger charge is 2.19. The molecule has 0 aliphatic heterocycles. The van der Waals surface area contributed by atoms with E-state index in [1.807, 2.05) is 12.1 Å². The maximum Gasteiger partial charge on any atom is 0.233 e. The maximum atomic E-state index is 11.8. The molecule has 0 aliphatic rings. The van der Waals surface area contributed by atoms with Gasteiger partial charge in [-0.15, -0.1) is 16.8 Å². The summed E-state index contributed by atoms with van der Waals surface area (Å²) in [6, 6.07) is 7.13. The number of halogens is 1. The first-order valence-corrected chi connectivity index (χ1v) is 7.80. The van der Waals surface area contributed by atoms with Crippen LogP contribution in [0.25, 0.3) is 11.4 Å². The number of nitrogens with one attached hydrogen (secondary N) is 1. The minimum atomic E-state index is -0.343. The van der Waals surface area contributed by atoms with Crippen molar-refractivity contribution in [3.63, 3.8) is 0 Å². The Balaban J connectivity index is 2.12. The molecule has 1 aromatic carbocycles. The Kier molecular flexibility index (Phi) is 5.46. The molecule has 1 amide bonds. The molecule has 8 heteroatoms. The largest absolute Gasteiger partial charge is 0.352 e. The van der Waals surface area contributed by atoms with Gasteiger partial charge in [-0.2, -0.15) is 0 Å². The summed E-state index contributed by atoms with van der Waals surface area (Å²) in [7, 11) is 0. The molecule has 2 aromatic rings. The number of rotatable bonds is 6. The number of nitrogens with zero attached hydrogens (tertiary/aromatic N) is 3. The van der Waals surface area contributed by atoms with Crippen molar-refractivity contribution in [1.82, 2.24) is 20.2 Å². The second kappa shape index (κ2) is 7.33. The van der Waals surface area contributed by atoms with Gasteiger partial charge in [-0.05, 0) is 31.2 Å². The molecule has 0 spiro atoms. The molecule has 0 radical (unpaired) electrons. The van der Waals surface area contributed by atoms with Gasteiger partial charge in [0.25, 0.3) is 0 Å². The lowest BCUT2D eigenvalue weighted by atomic mass is 10.2. The van der Waals surface area contributed by atoms with E-state index in [1.54, 1.807) is 25.1 Å². The van der Waals surface area contributed by atoms with Crippen LogP contribution in [0.1, 0.15) is 6.92 Å². The van der Waals surface area contributed by atoms with E-state index in [0.29, 0.717) is 22.5 Å². The topological polar surface area (TPSA) is 85.8 Å². The molecule has 3 N–H and O–H groups in total. The zero-order valence-electron chi connectivity index (χ0n) is 12.0. The Labute approximate surface area is 137 Å². The number of amides is 1. The second-order valence-corrected chi connectivity index (χ2v) is 6.22. The first-order valence-electron chi connectivity index (χ1n) is 6.54. The molecular weight excluding hydrogens is 322 g/mol. The predicted molar refractivity (Wildman–Crippen MR) is 89.1 cm³/mol. The minimum absolute atomic E-state index is 0.110. The van der Waals surface area contributed by atoms with E-state index in [2.05, 4.69) is 22.1 Å². The van der Waals surface area contributed by atoms with Crippen molar-refractivity contribution >= 4 is 29.3 Å². The van der Waals surface area contributed by atoms with Gasteiger partial charge < -0.3 is 11.2 Å². The number of aromatic nitrogens is 3. The fourth-order valence-corrected chi connectivity index (χ4v) is 2.60. The van der Waals surface area contributed by atoms with Crippen LogP contribution in [0, 0.1) is 0 Å². The molecule has 6 nitrogen and oxygen atoms in total. The molecule has 0 bridgehead atoms. The molecule has 2 rings (SSSR count). The Morgan fingerprint density at radius 1 is 1.50 bits per heavy atom. The fourth-order valence-electron chi connectivity index (χ4n) is 1.68. The summed E-state index contributed by atoms with van der Waals surface area (Å²) < 4.78 is 1.37. The Hall–Kier alpha value is -1.99. The molecule has 116 valence electrons. The van der Waals surface area contributed by atoms with E-state index in [1.165, 1.54) is 16.4 Å². The smallest absolute Gasteiger partial charge is 0.233 e. The van der Waals surface area contributed by atoms with Gasteiger partial charge in [0, 0.05) is 17.1 Å². The highest BCUT2D eigenvalue weighted by atomic mass is 35.5. The first-order chi connectivity index (χ1) is 10.5. The van der Waals surface area contributed by atoms with Gasteiger partial charge in [-0.1, -0.05) is 29.4 Å². The number of carbonyl (C=O) groups excluding carboxylic acids is 1. The second-order valence-electron chi connectivity index (χ2n) is 4.48. The van der Waals surface area contributed by atoms with Crippen LogP contribution >= 0.6 is 23.4 Å². The van der Waals surface area contributed by atoms with Crippen molar-refractivity contribution in [1.29, 1.82) is 0 Å². The summed E-state index contributed by atoms with van der Waals surface area (Å²) in [6.45, 7) is 5.76. The van der Waals surface area contributed by atoms with Crippen LogP contribution in [0.2, 0.25) is 5.02 Å². The van der Waals surface area contributed by atoms with Crippen molar-refractivity contribution in [2.75, 3.05) is 12.4 Å². The molecule has 1 atom stereocenters. The molecule has 22 heavy (non-hydrogen) atoms. The number of benzene rings is 1. The van der Waals surface area contributed by atoms with Crippen molar-refractivity contribution in [3.05, 3.63) is 41.9 Å². The van der Waals surface area contributed by atoms with Crippen molar-refractivity contribution in [3.8, 4) is 11.4 Å². The van der Waals surface area contributed by atoms with Crippen molar-refractivity contribution in [2.24, 2.45) is 0 Å². The average Bonchev–Trinajstić information content (AvgIpc) is 2.86. The lowest BCUT2D eigenvalue weighted by Crippen LogP contribution is -2.31. The maximum absolute atomic E-state index is 11.8. The Morgan fingerprint density at radius 3 is 2.82 bits per heavy atom. The van der Waals surface area contributed by atoms with E-state index in [4.69, 9.17) is 17.4 Å². The molecule has 0 saturated heterocycles. The van der Waals surface area contributed by atoms with Crippen LogP contribution in [0.5, 0.6) is 0 Å². The number of thioether (sulfide) groups is 1. The predicted octanol–water partition coefficient (Wildman–Crippen LogP) is 2.10. The highest BCUT2D eigenvalue weighted by Crippen LogP contribution is 2.25. The van der Waals surface area contributed by atoms with E-state index in [9.17, 15) is 4.79 Å². The third-order valence-corrected chi connectivity index (χ3v) is 4.15. The van der Waals surface area contributed by atoms with Gasteiger partial charge in [-0.3, -0.25) is 4.79 Å². The zero-order valence-corrected chi connectivity index (χ0v) is 13.6. The molecule has 0 saturated carbocycles. The third-order valence-electron chi connectivity index (χ3n) is 2.84. The van der Waals surface area contributed by atoms with Gasteiger partial charge in [0.1, 0.15) is 0 Å². The SMILES string of the molecule is C=CCNC(=O)C(C)Sc1nnc(-c2ccc(Cl)cc2)n1N. The molecule has 0 fully saturated rings. The number of carbonyl (C=O) groups is 1. The number of hydrogen-bond donors (Lipinski definition) is 2. The molecule has 1 heterocycles. The van der Waals surface area contributed by atoms with Gasteiger partial charge in [0.05, 0.1) is 5.25 Å². The van der Waals surface area contributed by atoms with Crippen molar-refractivity contribution < 1.29 is 4.79 Å². The van der Waals surface area contributed by atoms with E-state index in [-0.39, 0.29) is 11.2 Å². The lowest BCUT2D eigenvalue weighted by Gasteiger charge is -2.10. The van der Waals surface area contributed by atoms with Crippen LogP contribution in [0.3, 0.4) is 0 Å². The van der Waals surface area contributed by atoms with Gasteiger partial charge in [0.15, 0.2) is 5.82 Å². The van der Waals surface area contributed by atoms with Crippen molar-refractivity contribution in [2.45, 2.75) is 17.3 Å². The summed E-state index contributed by atoms with van der Waals surface area (Å²) in [5, 5.41) is 11.6. The quantitative estimate of drug-likeness (QED) is 0.479. The van der Waals surface area contributed by atoms with E-state index < -0.39 is 0 Å². The van der Waals surface area contributed by atoms with Crippen LogP contribution < -0.4 is 11.2 Å². The summed E-state index contributed by atoms with van der Waals surface area (Å²) >= 11 is 7.10. The Morgan fingerprint density at radius 2 is 2.18 bits per heavy atom. The zero-order chi connectivity index (χ0) is 16.1. The standard InChI is InChI=1S/C14H16ClN5OS/c1-3-8-17-13(21)9(2)22-14-19-18-12(20(14)16)10-4-6-11(15)7-5-10/h3-7,9H,1,8,16H2,2H3,(H,17,21). The number of nitrogen functional groups attached to an aromatic ring is 1. The molecule has 0 aliphatic carbocycles. The van der Waals surface area contributed by atoms with Crippen LogP contribution in [0.4, 0.5) is 0 Å². The Bertz CT molecular complexity index is 670. The molecule has 1 aromatic heterocycles. The van der Waals surface area contributed by atoms with E-state index >= 15 is 0 Å². The minimum Gasteiger partial charge on any atom is -0.352 e. The number of hydrogen-bond acceptors (Lipinski definition) is 5. The highest BCUT2D eigenvalue weighted by molar-refractivity contribution is 8.00. The monoisotopic (exact) mass is 337 g/mol. The van der Waals surface area contributed by atoms with Gasteiger partial charge in [-0.25, -0.2) is 4.68 Å². The molecular formula is C14H16ClN5OS. The summed E-state index contributed by atoms with van der Waals surface area (Å²) in [5.74, 6) is 6.41. The lowest BCUT2D eigenvalue weighted by molar-refractivity contribution is -0.120. The first kappa shape index (κ1) is 16.4. The van der Waals surface area contributed by atoms with Crippen LogP contribution in [-0.2, 0) is 4.79 Å². The van der Waals surface area contributed by atoms with Crippen LogP contribution in [0.15, 0.2) is 42.1 Å². The normalized spacial score (nSPS) is 11.9. The van der Waals surface area contributed by atoms with Gasteiger partial charge in [0.2, 0.25) is 11.1 Å². The van der Waals surface area contributed by atoms with Gasteiger partial charge >= 0.3 is 0 Å². The molecule has 1 unspecified atom stereocenters. The van der Waals surface area contributed by atoms with Crippen LogP contribution in [-0.4, -0.2) is 32.6 Å². The average molecular weight is 338 g/mol. The summed E-state index contributed by atoms with van der Waals surface area (Å²) in [6.07, 6.45) is 1.62. The summed E-state index contributed by atoms with van der Waals surface area (Å²) in [5.41, 5.74) is 0.801. The third kappa shape index (κ3) is 3.80. The van der Waals surface area contributed by atoms with E-state index in [0.717, 1.165) is 5.56 Å².